The minimum atomic E-state index is -0.357. The first kappa shape index (κ1) is 15.1. The fourth-order valence-corrected chi connectivity index (χ4v) is 1.85. The van der Waals surface area contributed by atoms with Gasteiger partial charge in [-0.05, 0) is 49.2 Å². The fraction of sp³-hybridized carbons (Fsp3) is 0.278. The molecule has 0 spiro atoms. The van der Waals surface area contributed by atoms with Crippen LogP contribution in [0.3, 0.4) is 0 Å². The molecule has 0 unspecified atom stereocenters. The van der Waals surface area contributed by atoms with Gasteiger partial charge in [-0.3, -0.25) is 0 Å². The quantitative estimate of drug-likeness (QED) is 0.448. The van der Waals surface area contributed by atoms with Gasteiger partial charge in [0.1, 0.15) is 11.5 Å². The van der Waals surface area contributed by atoms with E-state index in [-0.39, 0.29) is 5.97 Å². The van der Waals surface area contributed by atoms with Gasteiger partial charge in [-0.15, -0.1) is 0 Å². The summed E-state index contributed by atoms with van der Waals surface area (Å²) >= 11 is 0. The van der Waals surface area contributed by atoms with Crippen LogP contribution in [0.1, 0.15) is 35.7 Å². The number of ether oxygens (including phenoxy) is 2. The Labute approximate surface area is 125 Å². The maximum absolute atomic E-state index is 12.1. The zero-order chi connectivity index (χ0) is 15.1. The summed E-state index contributed by atoms with van der Waals surface area (Å²) in [7, 11) is 0. The van der Waals surface area contributed by atoms with Crippen LogP contribution in [0.5, 0.6) is 11.5 Å². The van der Waals surface area contributed by atoms with Crippen LogP contribution in [-0.4, -0.2) is 12.6 Å². The van der Waals surface area contributed by atoms with E-state index in [1.54, 1.807) is 30.3 Å². The molecule has 2 aromatic carbocycles. The van der Waals surface area contributed by atoms with E-state index in [0.29, 0.717) is 17.9 Å². The predicted molar refractivity (Wildman–Crippen MR) is 83.0 cm³/mol. The Bertz CT molecular complexity index is 588. The number of hydrogen-bond donors (Lipinski definition) is 0. The number of aryl methyl sites for hydroxylation is 1. The molecule has 0 aliphatic heterocycles. The lowest BCUT2D eigenvalue weighted by atomic mass is 10.2. The highest BCUT2D eigenvalue weighted by molar-refractivity contribution is 5.91. The van der Waals surface area contributed by atoms with Crippen molar-refractivity contribution in [2.24, 2.45) is 0 Å². The molecule has 0 amide bonds. The highest BCUT2D eigenvalue weighted by Gasteiger charge is 2.10. The molecule has 0 aliphatic rings. The van der Waals surface area contributed by atoms with Crippen LogP contribution in [0.4, 0.5) is 0 Å². The van der Waals surface area contributed by atoms with Crippen molar-refractivity contribution < 1.29 is 14.3 Å². The summed E-state index contributed by atoms with van der Waals surface area (Å²) in [5.41, 5.74) is 1.45. The van der Waals surface area contributed by atoms with Crippen LogP contribution in [-0.2, 0) is 0 Å². The summed E-state index contributed by atoms with van der Waals surface area (Å²) in [4.78, 5) is 12.1. The average Bonchev–Trinajstić information content (AvgIpc) is 2.50. The van der Waals surface area contributed by atoms with E-state index in [1.807, 2.05) is 25.1 Å². The van der Waals surface area contributed by atoms with Crippen molar-refractivity contribution in [3.05, 3.63) is 59.7 Å². The first-order valence-corrected chi connectivity index (χ1v) is 7.21. The Kier molecular flexibility index (Phi) is 5.38. The Balaban J connectivity index is 1.98. The number of rotatable bonds is 6. The van der Waals surface area contributed by atoms with Gasteiger partial charge >= 0.3 is 5.97 Å². The summed E-state index contributed by atoms with van der Waals surface area (Å²) in [5, 5.41) is 0. The van der Waals surface area contributed by atoms with Crippen molar-refractivity contribution in [2.45, 2.75) is 26.7 Å². The number of para-hydroxylation sites is 1. The van der Waals surface area contributed by atoms with Gasteiger partial charge in [0.25, 0.3) is 0 Å². The predicted octanol–water partition coefficient (Wildman–Crippen LogP) is 4.39. The fourth-order valence-electron chi connectivity index (χ4n) is 1.85. The molecule has 0 aliphatic carbocycles. The van der Waals surface area contributed by atoms with Gasteiger partial charge in [-0.2, -0.15) is 0 Å². The molecule has 3 nitrogen and oxygen atoms in total. The largest absolute Gasteiger partial charge is 0.494 e. The molecule has 0 fully saturated rings. The van der Waals surface area contributed by atoms with Crippen LogP contribution < -0.4 is 9.47 Å². The van der Waals surface area contributed by atoms with Crippen LogP contribution in [0.2, 0.25) is 0 Å². The van der Waals surface area contributed by atoms with Crippen molar-refractivity contribution >= 4 is 5.97 Å². The standard InChI is InChI=1S/C18H20O3/c1-3-4-13-20-16-11-9-15(10-12-16)18(19)21-17-8-6-5-7-14(17)2/h5-12H,3-4,13H2,1-2H3. The third-order valence-electron chi connectivity index (χ3n) is 3.15. The maximum Gasteiger partial charge on any atom is 0.343 e. The van der Waals surface area contributed by atoms with Gasteiger partial charge in [-0.25, -0.2) is 4.79 Å². The number of carbonyl (C=O) groups excluding carboxylic acids is 1. The lowest BCUT2D eigenvalue weighted by Crippen LogP contribution is -2.09. The molecule has 0 atom stereocenters. The number of esters is 1. The van der Waals surface area contributed by atoms with E-state index in [0.717, 1.165) is 24.2 Å². The normalized spacial score (nSPS) is 10.2. The SMILES string of the molecule is CCCCOc1ccc(C(=O)Oc2ccccc2C)cc1. The number of unbranched alkanes of at least 4 members (excludes halogenated alkanes) is 1. The van der Waals surface area contributed by atoms with E-state index >= 15 is 0 Å². The first-order valence-electron chi connectivity index (χ1n) is 7.21. The number of benzene rings is 2. The monoisotopic (exact) mass is 284 g/mol. The third-order valence-corrected chi connectivity index (χ3v) is 3.15. The summed E-state index contributed by atoms with van der Waals surface area (Å²) in [5.74, 6) is 1.01. The second-order valence-corrected chi connectivity index (χ2v) is 4.88. The Morgan fingerprint density at radius 1 is 1.05 bits per heavy atom. The van der Waals surface area contributed by atoms with E-state index in [9.17, 15) is 4.79 Å². The zero-order valence-electron chi connectivity index (χ0n) is 12.5. The summed E-state index contributed by atoms with van der Waals surface area (Å²) in [6.45, 7) is 4.73. The molecule has 0 saturated heterocycles. The molecular weight excluding hydrogens is 264 g/mol. The Morgan fingerprint density at radius 2 is 1.76 bits per heavy atom. The lowest BCUT2D eigenvalue weighted by molar-refractivity contribution is 0.0733. The van der Waals surface area contributed by atoms with Crippen LogP contribution >= 0.6 is 0 Å². The van der Waals surface area contributed by atoms with Crippen LogP contribution in [0, 0.1) is 6.92 Å². The van der Waals surface area contributed by atoms with Gasteiger partial charge in [0.2, 0.25) is 0 Å². The second-order valence-electron chi connectivity index (χ2n) is 4.88. The Morgan fingerprint density at radius 3 is 2.43 bits per heavy atom. The van der Waals surface area contributed by atoms with Gasteiger partial charge in [0, 0.05) is 0 Å². The topological polar surface area (TPSA) is 35.5 Å². The van der Waals surface area contributed by atoms with Gasteiger partial charge in [0.05, 0.1) is 12.2 Å². The van der Waals surface area contributed by atoms with Crippen molar-refractivity contribution in [3.8, 4) is 11.5 Å². The molecule has 0 bridgehead atoms. The average molecular weight is 284 g/mol. The van der Waals surface area contributed by atoms with Crippen molar-refractivity contribution in [1.29, 1.82) is 0 Å². The maximum atomic E-state index is 12.1. The minimum absolute atomic E-state index is 0.357. The molecule has 0 N–H and O–H groups in total. The van der Waals surface area contributed by atoms with Crippen LogP contribution in [0.15, 0.2) is 48.5 Å². The molecule has 3 heteroatoms. The number of carbonyl (C=O) groups is 1. The molecule has 0 heterocycles. The first-order chi connectivity index (χ1) is 10.2. The third kappa shape index (κ3) is 4.35. The zero-order valence-corrected chi connectivity index (χ0v) is 12.5. The highest BCUT2D eigenvalue weighted by atomic mass is 16.5. The molecule has 21 heavy (non-hydrogen) atoms. The molecule has 0 saturated carbocycles. The van der Waals surface area contributed by atoms with Gasteiger partial charge in [-0.1, -0.05) is 31.5 Å². The van der Waals surface area contributed by atoms with Gasteiger partial charge in [0.15, 0.2) is 0 Å². The summed E-state index contributed by atoms with van der Waals surface area (Å²) < 4.78 is 11.0. The summed E-state index contributed by atoms with van der Waals surface area (Å²) in [6.07, 6.45) is 2.12. The van der Waals surface area contributed by atoms with E-state index < -0.39 is 0 Å². The minimum Gasteiger partial charge on any atom is -0.494 e. The van der Waals surface area contributed by atoms with E-state index in [1.165, 1.54) is 0 Å². The highest BCUT2D eigenvalue weighted by Crippen LogP contribution is 2.19. The second kappa shape index (κ2) is 7.48. The summed E-state index contributed by atoms with van der Waals surface area (Å²) in [6, 6.07) is 14.5. The van der Waals surface area contributed by atoms with Gasteiger partial charge < -0.3 is 9.47 Å². The molecular formula is C18H20O3. The molecule has 110 valence electrons. The molecule has 0 radical (unpaired) electrons. The lowest BCUT2D eigenvalue weighted by Gasteiger charge is -2.08. The molecule has 2 aromatic rings. The molecule has 2 rings (SSSR count). The molecule has 0 aromatic heterocycles. The smallest absolute Gasteiger partial charge is 0.343 e. The van der Waals surface area contributed by atoms with E-state index in [2.05, 4.69) is 6.92 Å². The van der Waals surface area contributed by atoms with E-state index in [4.69, 9.17) is 9.47 Å². The van der Waals surface area contributed by atoms with Crippen molar-refractivity contribution in [2.75, 3.05) is 6.61 Å². The number of hydrogen-bond acceptors (Lipinski definition) is 3. The Hall–Kier alpha value is -2.29. The van der Waals surface area contributed by atoms with Crippen molar-refractivity contribution in [3.63, 3.8) is 0 Å². The van der Waals surface area contributed by atoms with Crippen molar-refractivity contribution in [1.82, 2.24) is 0 Å². The van der Waals surface area contributed by atoms with Crippen LogP contribution in [0.25, 0.3) is 0 Å².